The van der Waals surface area contributed by atoms with Crippen molar-refractivity contribution in [3.8, 4) is 0 Å². The van der Waals surface area contributed by atoms with Crippen molar-refractivity contribution in [1.29, 1.82) is 0 Å². The van der Waals surface area contributed by atoms with Gasteiger partial charge in [-0.15, -0.1) is 0 Å². The van der Waals surface area contributed by atoms with Gasteiger partial charge in [-0.1, -0.05) is 146 Å². The molecule has 0 aliphatic heterocycles. The molecule has 2 atom stereocenters. The minimum atomic E-state index is -0.499. The summed E-state index contributed by atoms with van der Waals surface area (Å²) in [6.07, 6.45) is 10.8. The number of carbonyl (C=O) groups excluding carboxylic acids is 1. The maximum absolute atomic E-state index is 13.3. The van der Waals surface area contributed by atoms with Crippen LogP contribution in [0.3, 0.4) is 0 Å². The van der Waals surface area contributed by atoms with Crippen molar-refractivity contribution in [3.05, 3.63) is 160 Å². The van der Waals surface area contributed by atoms with E-state index in [4.69, 9.17) is 4.74 Å². The zero-order valence-corrected chi connectivity index (χ0v) is 41.7. The number of benzene rings is 6. The second kappa shape index (κ2) is 22.3. The summed E-state index contributed by atoms with van der Waals surface area (Å²) in [4.78, 5) is 18.5. The molecule has 2 unspecified atom stereocenters. The highest BCUT2D eigenvalue weighted by Crippen LogP contribution is 2.43. The van der Waals surface area contributed by atoms with E-state index in [2.05, 4.69) is 185 Å². The van der Waals surface area contributed by atoms with E-state index >= 15 is 0 Å². The van der Waals surface area contributed by atoms with E-state index in [1.165, 1.54) is 72.5 Å². The van der Waals surface area contributed by atoms with Gasteiger partial charge in [0.1, 0.15) is 6.10 Å². The van der Waals surface area contributed by atoms with Gasteiger partial charge in [-0.25, -0.2) is 0 Å². The number of para-hydroxylation sites is 2. The van der Waals surface area contributed by atoms with Gasteiger partial charge >= 0.3 is 5.97 Å². The number of esters is 1. The molecule has 1 aliphatic carbocycles. The second-order valence-electron chi connectivity index (χ2n) is 19.1. The molecule has 6 aromatic rings. The van der Waals surface area contributed by atoms with Gasteiger partial charge in [0.05, 0.1) is 11.5 Å². The summed E-state index contributed by atoms with van der Waals surface area (Å²) in [5.41, 5.74) is 15.2. The molecule has 1 fully saturated rings. The number of hydrogen-bond donors (Lipinski definition) is 1. The van der Waals surface area contributed by atoms with E-state index in [1.54, 1.807) is 0 Å². The van der Waals surface area contributed by atoms with E-state index in [-0.39, 0.29) is 24.0 Å². The molecule has 348 valence electrons. The van der Waals surface area contributed by atoms with Crippen molar-refractivity contribution in [2.45, 2.75) is 151 Å². The molecule has 0 heterocycles. The molecule has 0 amide bonds. The van der Waals surface area contributed by atoms with Gasteiger partial charge in [0, 0.05) is 52.8 Å². The van der Waals surface area contributed by atoms with Gasteiger partial charge < -0.3 is 19.9 Å². The first-order valence-corrected chi connectivity index (χ1v) is 25.6. The molecule has 0 aromatic heterocycles. The fourth-order valence-electron chi connectivity index (χ4n) is 10.3. The first-order valence-electron chi connectivity index (χ1n) is 25.6. The van der Waals surface area contributed by atoms with Gasteiger partial charge in [0.15, 0.2) is 0 Å². The quantitative estimate of drug-likeness (QED) is 0.0611. The third kappa shape index (κ3) is 10.4. The molecule has 1 saturated carbocycles. The summed E-state index contributed by atoms with van der Waals surface area (Å²) < 4.78 is 6.30. The topological polar surface area (TPSA) is 44.8 Å². The van der Waals surface area contributed by atoms with Crippen LogP contribution in [0.4, 0.5) is 28.4 Å². The largest absolute Gasteiger partial charge is 0.460 e. The number of hydrogen-bond acceptors (Lipinski definition) is 5. The zero-order chi connectivity index (χ0) is 46.8. The molecule has 0 radical (unpaired) electrons. The molecule has 0 saturated heterocycles. The lowest BCUT2D eigenvalue weighted by Crippen LogP contribution is -2.42. The van der Waals surface area contributed by atoms with E-state index in [9.17, 15) is 4.79 Å². The third-order valence-electron chi connectivity index (χ3n) is 14.4. The fourth-order valence-corrected chi connectivity index (χ4v) is 10.3. The molecule has 0 bridgehead atoms. The Morgan fingerprint density at radius 2 is 1.06 bits per heavy atom. The minimum Gasteiger partial charge on any atom is -0.460 e. The average Bonchev–Trinajstić information content (AvgIpc) is 3.36. The van der Waals surface area contributed by atoms with Crippen molar-refractivity contribution >= 4 is 45.2 Å². The Labute approximate surface area is 398 Å². The summed E-state index contributed by atoms with van der Waals surface area (Å²) in [7, 11) is 0. The van der Waals surface area contributed by atoms with Gasteiger partial charge in [-0.2, -0.15) is 0 Å². The summed E-state index contributed by atoms with van der Waals surface area (Å²) in [5.74, 6) is -0.116. The first-order chi connectivity index (χ1) is 32.1. The number of nitrogens with zero attached hydrogens (tertiary/aromatic N) is 2. The number of rotatable bonds is 20. The molecule has 66 heavy (non-hydrogen) atoms. The van der Waals surface area contributed by atoms with E-state index < -0.39 is 5.41 Å². The average molecular weight is 884 g/mol. The highest BCUT2D eigenvalue weighted by molar-refractivity contribution is 5.97. The van der Waals surface area contributed by atoms with Crippen LogP contribution in [0.15, 0.2) is 121 Å². The van der Waals surface area contributed by atoms with Crippen LogP contribution in [-0.2, 0) is 35.2 Å². The van der Waals surface area contributed by atoms with E-state index in [0.29, 0.717) is 0 Å². The maximum Gasteiger partial charge on any atom is 0.311 e. The lowest BCUT2D eigenvalue weighted by molar-refractivity contribution is -0.161. The number of ether oxygens (including phenoxy) is 1. The predicted molar refractivity (Wildman–Crippen MR) is 283 cm³/mol. The molecule has 1 N–H and O–H groups in total. The number of aryl methyl sites for hydroxylation is 4. The summed E-state index contributed by atoms with van der Waals surface area (Å²) in [6.45, 7) is 21.6. The Morgan fingerprint density at radius 1 is 0.591 bits per heavy atom. The predicted octanol–water partition coefficient (Wildman–Crippen LogP) is 16.1. The summed E-state index contributed by atoms with van der Waals surface area (Å²) in [5, 5.41) is 6.35. The normalized spacial score (nSPS) is 15.2. The van der Waals surface area contributed by atoms with Crippen LogP contribution in [0.2, 0.25) is 0 Å². The first kappa shape index (κ1) is 48.4. The van der Waals surface area contributed by atoms with Crippen LogP contribution < -0.4 is 15.1 Å². The molecule has 6 aromatic carbocycles. The van der Waals surface area contributed by atoms with Gasteiger partial charge in [0.25, 0.3) is 0 Å². The summed E-state index contributed by atoms with van der Waals surface area (Å²) >= 11 is 0. The summed E-state index contributed by atoms with van der Waals surface area (Å²) in [6, 6.07) is 46.2. The Hall–Kier alpha value is -5.55. The van der Waals surface area contributed by atoms with Crippen LogP contribution in [0.5, 0.6) is 0 Å². The SMILES string of the molecule is CCCN(c1ccc(C(c2ccc(N(CCC)c3c(CC)cccc3CC)cc2)c2ccc(NC3CCCCC3OC(=O)C(C)(C)CC)c3ccccc23)cc1)c1c(CC)cccc1CC. The number of fused-ring (bicyclic) bond motifs is 1. The molecule has 5 heteroatoms. The molecule has 7 rings (SSSR count). The van der Waals surface area contributed by atoms with Crippen LogP contribution in [0.1, 0.15) is 152 Å². The van der Waals surface area contributed by atoms with Crippen LogP contribution in [0.25, 0.3) is 10.8 Å². The molecular weight excluding hydrogens is 807 g/mol. The molecule has 0 spiro atoms. The fraction of sp³-hybridized carbons (Fsp3) is 0.426. The van der Waals surface area contributed by atoms with Crippen molar-refractivity contribution in [2.24, 2.45) is 5.41 Å². The van der Waals surface area contributed by atoms with Crippen molar-refractivity contribution in [2.75, 3.05) is 28.2 Å². The van der Waals surface area contributed by atoms with Crippen molar-refractivity contribution in [3.63, 3.8) is 0 Å². The van der Waals surface area contributed by atoms with E-state index in [0.717, 1.165) is 89.4 Å². The van der Waals surface area contributed by atoms with Gasteiger partial charge in [0.2, 0.25) is 0 Å². The van der Waals surface area contributed by atoms with Crippen molar-refractivity contribution in [1.82, 2.24) is 0 Å². The lowest BCUT2D eigenvalue weighted by Gasteiger charge is -2.35. The smallest absolute Gasteiger partial charge is 0.311 e. The second-order valence-corrected chi connectivity index (χ2v) is 19.1. The molecule has 1 aliphatic rings. The van der Waals surface area contributed by atoms with Crippen molar-refractivity contribution < 1.29 is 9.53 Å². The Bertz CT molecular complexity index is 2370. The third-order valence-corrected chi connectivity index (χ3v) is 14.4. The number of nitrogens with one attached hydrogen (secondary N) is 1. The number of anilines is 5. The van der Waals surface area contributed by atoms with Gasteiger partial charge in [-0.3, -0.25) is 4.79 Å². The maximum atomic E-state index is 13.3. The van der Waals surface area contributed by atoms with Crippen LogP contribution in [0, 0.1) is 5.41 Å². The highest BCUT2D eigenvalue weighted by Gasteiger charge is 2.34. The zero-order valence-electron chi connectivity index (χ0n) is 41.7. The number of carbonyl (C=O) groups is 1. The van der Waals surface area contributed by atoms with Crippen LogP contribution >= 0.6 is 0 Å². The van der Waals surface area contributed by atoms with Crippen LogP contribution in [-0.4, -0.2) is 31.2 Å². The Balaban J connectivity index is 1.33. The highest BCUT2D eigenvalue weighted by atomic mass is 16.5. The Morgan fingerprint density at radius 3 is 1.52 bits per heavy atom. The molecule has 5 nitrogen and oxygen atoms in total. The lowest BCUT2D eigenvalue weighted by atomic mass is 9.82. The minimum absolute atomic E-state index is 0.0192. The van der Waals surface area contributed by atoms with E-state index in [1.807, 2.05) is 13.8 Å². The Kier molecular flexibility index (Phi) is 16.3. The standard InChI is InChI=1S/C61H77N3O2/c1-10-41-63(58-43(12-3)23-21-24-44(58)13-4)49-35-31-47(32-36-49)57(48-33-37-50(38-34-48)64(42-11-2)59-45(14-5)25-22-26-46(59)15-6)53-39-40-54(52-28-18-17-27-51(52)53)62-55-29-19-20-30-56(55)66-60(65)61(8,9)16-7/h17-18,21-28,31-40,55-57,62H,10-16,19-20,29-30,41-42H2,1-9H3. The van der Waals surface area contributed by atoms with Gasteiger partial charge in [-0.05, 0) is 153 Å². The monoisotopic (exact) mass is 884 g/mol. The molecular formula is C61H77N3O2.